The molecule has 0 amide bonds. The fraction of sp³-hybridized carbons (Fsp3) is 0.0286. The number of dihydropyridines is 1. The number of aromatic nitrogens is 3. The number of rotatable bonds is 4. The minimum absolute atomic E-state index is 0.777. The summed E-state index contributed by atoms with van der Waals surface area (Å²) in [5.41, 5.74) is 9.67. The Hall–Kier alpha value is -5.42. The van der Waals surface area contributed by atoms with Crippen molar-refractivity contribution in [2.75, 3.05) is 6.54 Å². The van der Waals surface area contributed by atoms with Gasteiger partial charge in [0.2, 0.25) is 0 Å². The molecule has 0 fully saturated rings. The number of nitrogens with one attached hydrogen (secondary N) is 1. The Morgan fingerprint density at radius 2 is 1.55 bits per heavy atom. The van der Waals surface area contributed by atoms with Gasteiger partial charge >= 0.3 is 0 Å². The molecule has 0 atom stereocenters. The number of benzene rings is 3. The largest absolute Gasteiger partial charge is 0.464 e. The maximum atomic E-state index is 5.99. The van der Waals surface area contributed by atoms with Gasteiger partial charge in [0.1, 0.15) is 11.4 Å². The van der Waals surface area contributed by atoms with Crippen LogP contribution in [0.15, 0.2) is 132 Å². The van der Waals surface area contributed by atoms with Crippen molar-refractivity contribution in [1.29, 1.82) is 0 Å². The average molecular weight is 517 g/mol. The Morgan fingerprint density at radius 1 is 0.750 bits per heavy atom. The van der Waals surface area contributed by atoms with Gasteiger partial charge in [-0.2, -0.15) is 0 Å². The van der Waals surface area contributed by atoms with Gasteiger partial charge in [0.05, 0.1) is 28.4 Å². The van der Waals surface area contributed by atoms with Gasteiger partial charge in [-0.1, -0.05) is 48.5 Å². The van der Waals surface area contributed by atoms with Gasteiger partial charge in [0.25, 0.3) is 0 Å². The van der Waals surface area contributed by atoms with E-state index in [0.717, 1.165) is 78.7 Å². The zero-order valence-corrected chi connectivity index (χ0v) is 21.6. The van der Waals surface area contributed by atoms with E-state index in [1.165, 1.54) is 0 Å². The van der Waals surface area contributed by atoms with E-state index in [1.54, 1.807) is 6.26 Å². The predicted molar refractivity (Wildman–Crippen MR) is 162 cm³/mol. The van der Waals surface area contributed by atoms with Crippen molar-refractivity contribution in [2.45, 2.75) is 0 Å². The van der Waals surface area contributed by atoms with Crippen molar-refractivity contribution in [1.82, 2.24) is 19.9 Å². The van der Waals surface area contributed by atoms with Crippen LogP contribution >= 0.6 is 0 Å². The van der Waals surface area contributed by atoms with Gasteiger partial charge in [-0.05, 0) is 88.6 Å². The standard InChI is InChI=1S/C35H24N4O/c1-2-4-31-29(3-1)34-32(10-9-27-15-20-40-35(27)34)39(31)33-22-28(21-30(38-33)26-13-18-37-19-14-26)24-7-5-23(6-8-24)25-11-16-36-17-12-25/h1-18,20-22,37H,19H2. The normalized spacial score (nSPS) is 13.2. The summed E-state index contributed by atoms with van der Waals surface area (Å²) < 4.78 is 8.25. The third-order valence-corrected chi connectivity index (χ3v) is 7.64. The van der Waals surface area contributed by atoms with Gasteiger partial charge in [-0.15, -0.1) is 0 Å². The molecular formula is C35H24N4O. The van der Waals surface area contributed by atoms with Crippen LogP contribution in [0, 0.1) is 0 Å². The van der Waals surface area contributed by atoms with E-state index in [1.807, 2.05) is 36.8 Å². The highest BCUT2D eigenvalue weighted by Gasteiger charge is 2.18. The second-order valence-electron chi connectivity index (χ2n) is 9.96. The van der Waals surface area contributed by atoms with E-state index in [4.69, 9.17) is 9.40 Å². The van der Waals surface area contributed by atoms with Crippen molar-refractivity contribution < 1.29 is 4.42 Å². The molecule has 0 saturated carbocycles. The SMILES string of the molecule is C1=CC(c2cc(-c3ccc(-c4ccncc4)cc3)cc(-n3c4ccccc4c4c5occc5ccc43)n2)=CCN1. The zero-order valence-electron chi connectivity index (χ0n) is 21.6. The van der Waals surface area contributed by atoms with Crippen LogP contribution < -0.4 is 5.32 Å². The number of fused-ring (bicyclic) bond motifs is 5. The molecule has 1 N–H and O–H groups in total. The molecule has 5 nitrogen and oxygen atoms in total. The Bertz CT molecular complexity index is 2100. The maximum absolute atomic E-state index is 5.99. The van der Waals surface area contributed by atoms with E-state index in [2.05, 4.69) is 99.8 Å². The fourth-order valence-corrected chi connectivity index (χ4v) is 5.71. The number of hydrogen-bond acceptors (Lipinski definition) is 4. The Morgan fingerprint density at radius 3 is 2.38 bits per heavy atom. The molecule has 40 heavy (non-hydrogen) atoms. The second kappa shape index (κ2) is 9.10. The van der Waals surface area contributed by atoms with E-state index in [0.29, 0.717) is 0 Å². The van der Waals surface area contributed by atoms with Crippen LogP contribution in [0.5, 0.6) is 0 Å². The summed E-state index contributed by atoms with van der Waals surface area (Å²) in [5.74, 6) is 0.871. The smallest absolute Gasteiger partial charge is 0.143 e. The number of hydrogen-bond donors (Lipinski definition) is 1. The first-order valence-electron chi connectivity index (χ1n) is 13.4. The number of nitrogens with zero attached hydrogens (tertiary/aromatic N) is 3. The summed E-state index contributed by atoms with van der Waals surface area (Å²) in [7, 11) is 0. The quantitative estimate of drug-likeness (QED) is 0.256. The van der Waals surface area contributed by atoms with Gasteiger partial charge < -0.3 is 9.73 Å². The van der Waals surface area contributed by atoms with E-state index in [-0.39, 0.29) is 0 Å². The number of allylic oxidation sites excluding steroid dienone is 2. The monoisotopic (exact) mass is 516 g/mol. The molecule has 8 rings (SSSR count). The molecule has 0 spiro atoms. The molecule has 190 valence electrons. The minimum atomic E-state index is 0.777. The number of para-hydroxylation sites is 1. The summed E-state index contributed by atoms with van der Waals surface area (Å²) in [4.78, 5) is 9.39. The second-order valence-corrected chi connectivity index (χ2v) is 9.96. The van der Waals surface area contributed by atoms with E-state index >= 15 is 0 Å². The molecule has 0 bridgehead atoms. The topological polar surface area (TPSA) is 55.9 Å². The molecule has 1 aliphatic heterocycles. The summed E-state index contributed by atoms with van der Waals surface area (Å²) in [6.45, 7) is 0.777. The molecule has 0 saturated heterocycles. The molecule has 0 radical (unpaired) electrons. The molecule has 0 aliphatic carbocycles. The molecular weight excluding hydrogens is 492 g/mol. The van der Waals surface area contributed by atoms with Gasteiger partial charge in [0.15, 0.2) is 0 Å². The van der Waals surface area contributed by atoms with Crippen LogP contribution in [0.1, 0.15) is 5.69 Å². The summed E-state index contributed by atoms with van der Waals surface area (Å²) in [6, 6.07) is 31.9. The predicted octanol–water partition coefficient (Wildman–Crippen LogP) is 8.15. The first kappa shape index (κ1) is 22.6. The van der Waals surface area contributed by atoms with Gasteiger partial charge in [-0.3, -0.25) is 9.55 Å². The van der Waals surface area contributed by atoms with E-state index in [9.17, 15) is 0 Å². The molecule has 7 aromatic rings. The first-order valence-corrected chi connectivity index (χ1v) is 13.4. The van der Waals surface area contributed by atoms with Crippen LogP contribution in [-0.4, -0.2) is 21.1 Å². The summed E-state index contributed by atoms with van der Waals surface area (Å²) >= 11 is 0. The minimum Gasteiger partial charge on any atom is -0.464 e. The lowest BCUT2D eigenvalue weighted by Crippen LogP contribution is -2.09. The van der Waals surface area contributed by atoms with Crippen LogP contribution in [-0.2, 0) is 0 Å². The highest BCUT2D eigenvalue weighted by atomic mass is 16.3. The van der Waals surface area contributed by atoms with Crippen LogP contribution in [0.3, 0.4) is 0 Å². The Kier molecular flexibility index (Phi) is 5.13. The summed E-state index contributed by atoms with van der Waals surface area (Å²) in [6.07, 6.45) is 11.7. The molecule has 1 aliphatic rings. The van der Waals surface area contributed by atoms with Crippen molar-refractivity contribution in [3.05, 3.63) is 134 Å². The Labute approximate surface area is 230 Å². The van der Waals surface area contributed by atoms with E-state index < -0.39 is 0 Å². The molecule has 5 heteroatoms. The lowest BCUT2D eigenvalue weighted by Gasteiger charge is -2.15. The van der Waals surface area contributed by atoms with Crippen molar-refractivity contribution in [3.63, 3.8) is 0 Å². The highest BCUT2D eigenvalue weighted by molar-refractivity contribution is 6.19. The van der Waals surface area contributed by atoms with Crippen LogP contribution in [0.4, 0.5) is 0 Å². The van der Waals surface area contributed by atoms with Gasteiger partial charge in [-0.25, -0.2) is 4.98 Å². The maximum Gasteiger partial charge on any atom is 0.143 e. The first-order chi connectivity index (χ1) is 19.8. The van der Waals surface area contributed by atoms with Crippen molar-refractivity contribution in [3.8, 4) is 28.1 Å². The number of pyridine rings is 2. The molecule has 3 aromatic carbocycles. The highest BCUT2D eigenvalue weighted by Crippen LogP contribution is 2.38. The molecule has 4 aromatic heterocycles. The van der Waals surface area contributed by atoms with Crippen LogP contribution in [0.25, 0.3) is 66.4 Å². The lowest BCUT2D eigenvalue weighted by molar-refractivity contribution is 0.619. The summed E-state index contributed by atoms with van der Waals surface area (Å²) in [5, 5.41) is 6.60. The van der Waals surface area contributed by atoms with Crippen molar-refractivity contribution >= 4 is 38.3 Å². The molecule has 0 unspecified atom stereocenters. The third kappa shape index (κ3) is 3.63. The number of furan rings is 1. The molecule has 5 heterocycles. The Balaban J connectivity index is 1.37. The van der Waals surface area contributed by atoms with Crippen LogP contribution in [0.2, 0.25) is 0 Å². The van der Waals surface area contributed by atoms with Gasteiger partial charge in [0, 0.05) is 29.7 Å². The van der Waals surface area contributed by atoms with Crippen molar-refractivity contribution in [2.24, 2.45) is 0 Å². The fourth-order valence-electron chi connectivity index (χ4n) is 5.71. The zero-order chi connectivity index (χ0) is 26.5. The lowest BCUT2D eigenvalue weighted by atomic mass is 9.99. The third-order valence-electron chi connectivity index (χ3n) is 7.64. The average Bonchev–Trinajstić information content (AvgIpc) is 3.64.